The average molecular weight is 307 g/mol. The molecule has 1 aromatic rings. The summed E-state index contributed by atoms with van der Waals surface area (Å²) in [5, 5.41) is 4.98. The number of carbonyl (C=O) groups excluding carboxylic acids is 2. The molecule has 122 valence electrons. The van der Waals surface area contributed by atoms with Gasteiger partial charge in [0.15, 0.2) is 0 Å². The minimum Gasteiger partial charge on any atom is -0.492 e. The number of hydrogen-bond donors (Lipinski definition) is 2. The van der Waals surface area contributed by atoms with E-state index < -0.39 is 6.03 Å². The van der Waals surface area contributed by atoms with Gasteiger partial charge in [0.1, 0.15) is 12.4 Å². The Morgan fingerprint density at radius 1 is 1.18 bits per heavy atom. The summed E-state index contributed by atoms with van der Waals surface area (Å²) in [4.78, 5) is 25.1. The average Bonchev–Trinajstić information content (AvgIpc) is 2.37. The van der Waals surface area contributed by atoms with E-state index in [1.54, 1.807) is 11.9 Å². The van der Waals surface area contributed by atoms with Gasteiger partial charge < -0.3 is 10.1 Å². The number of imide groups is 1. The molecule has 0 aliphatic carbocycles. The Hall–Kier alpha value is -2.08. The predicted molar refractivity (Wildman–Crippen MR) is 85.9 cm³/mol. The third kappa shape index (κ3) is 8.26. The first kappa shape index (κ1) is 18.0. The van der Waals surface area contributed by atoms with Crippen LogP contribution >= 0.6 is 0 Å². The molecule has 0 unspecified atom stereocenters. The quantitative estimate of drug-likeness (QED) is 0.838. The molecule has 0 bridgehead atoms. The number of amides is 3. The highest BCUT2D eigenvalue weighted by atomic mass is 16.5. The maximum atomic E-state index is 11.7. The van der Waals surface area contributed by atoms with E-state index in [2.05, 4.69) is 10.6 Å². The summed E-state index contributed by atoms with van der Waals surface area (Å²) in [7, 11) is 1.80. The van der Waals surface area contributed by atoms with E-state index >= 15 is 0 Å². The first-order valence-electron chi connectivity index (χ1n) is 7.24. The van der Waals surface area contributed by atoms with Gasteiger partial charge in [0.2, 0.25) is 5.91 Å². The van der Waals surface area contributed by atoms with Gasteiger partial charge in [-0.2, -0.15) is 0 Å². The summed E-state index contributed by atoms with van der Waals surface area (Å²) in [6, 6.07) is 9.01. The highest BCUT2D eigenvalue weighted by Crippen LogP contribution is 2.07. The van der Waals surface area contributed by atoms with E-state index in [9.17, 15) is 9.59 Å². The molecule has 0 fully saturated rings. The van der Waals surface area contributed by atoms with Crippen molar-refractivity contribution >= 4 is 11.9 Å². The lowest BCUT2D eigenvalue weighted by Crippen LogP contribution is -2.50. The van der Waals surface area contributed by atoms with Gasteiger partial charge >= 0.3 is 6.03 Å². The number of rotatable bonds is 6. The number of carbonyl (C=O) groups is 2. The van der Waals surface area contributed by atoms with Gasteiger partial charge in [-0.25, -0.2) is 4.79 Å². The van der Waals surface area contributed by atoms with Crippen LogP contribution in [0.2, 0.25) is 0 Å². The molecule has 2 N–H and O–H groups in total. The number of hydrogen-bond acceptors (Lipinski definition) is 4. The Morgan fingerprint density at radius 2 is 1.82 bits per heavy atom. The molecule has 0 atom stereocenters. The van der Waals surface area contributed by atoms with E-state index in [4.69, 9.17) is 4.74 Å². The summed E-state index contributed by atoms with van der Waals surface area (Å²) in [6.45, 7) is 6.75. The fourth-order valence-electron chi connectivity index (χ4n) is 1.70. The van der Waals surface area contributed by atoms with Gasteiger partial charge in [-0.3, -0.25) is 15.0 Å². The summed E-state index contributed by atoms with van der Waals surface area (Å²) >= 11 is 0. The van der Waals surface area contributed by atoms with Crippen molar-refractivity contribution in [1.29, 1.82) is 0 Å². The third-order valence-corrected chi connectivity index (χ3v) is 2.64. The van der Waals surface area contributed by atoms with Crippen LogP contribution in [-0.4, -0.2) is 49.1 Å². The maximum absolute atomic E-state index is 11.7. The number of nitrogens with zero attached hydrogens (tertiary/aromatic N) is 1. The van der Waals surface area contributed by atoms with Crippen molar-refractivity contribution in [2.45, 2.75) is 26.3 Å². The molecule has 0 aliphatic rings. The second-order valence-corrected chi connectivity index (χ2v) is 6.15. The molecule has 0 saturated heterocycles. The second kappa shape index (κ2) is 8.38. The number of urea groups is 1. The first-order chi connectivity index (χ1) is 10.3. The molecule has 3 amide bonds. The van der Waals surface area contributed by atoms with Crippen molar-refractivity contribution in [3.63, 3.8) is 0 Å². The maximum Gasteiger partial charge on any atom is 0.321 e. The van der Waals surface area contributed by atoms with Crippen molar-refractivity contribution in [2.24, 2.45) is 0 Å². The molecule has 22 heavy (non-hydrogen) atoms. The lowest BCUT2D eigenvalue weighted by Gasteiger charge is -2.21. The fraction of sp³-hybridized carbons (Fsp3) is 0.500. The van der Waals surface area contributed by atoms with E-state index in [-0.39, 0.29) is 18.0 Å². The number of para-hydroxylation sites is 1. The SMILES string of the molecule is CN(CCOc1ccccc1)CC(=O)NC(=O)NC(C)(C)C. The topological polar surface area (TPSA) is 70.7 Å². The molecule has 0 heterocycles. The Balaban J connectivity index is 2.22. The predicted octanol–water partition coefficient (Wildman–Crippen LogP) is 1.62. The number of nitrogens with one attached hydrogen (secondary N) is 2. The van der Waals surface area contributed by atoms with Crippen LogP contribution in [0.1, 0.15) is 20.8 Å². The molecule has 0 radical (unpaired) electrons. The zero-order valence-corrected chi connectivity index (χ0v) is 13.7. The largest absolute Gasteiger partial charge is 0.492 e. The molecule has 0 saturated carbocycles. The van der Waals surface area contributed by atoms with Gasteiger partial charge in [0, 0.05) is 12.1 Å². The summed E-state index contributed by atoms with van der Waals surface area (Å²) in [6.07, 6.45) is 0. The number of benzene rings is 1. The zero-order valence-electron chi connectivity index (χ0n) is 13.7. The van der Waals surface area contributed by atoms with Crippen LogP contribution in [-0.2, 0) is 4.79 Å². The van der Waals surface area contributed by atoms with Crippen molar-refractivity contribution < 1.29 is 14.3 Å². The molecule has 6 heteroatoms. The lowest BCUT2D eigenvalue weighted by atomic mass is 10.1. The minimum atomic E-state index is -0.480. The number of likely N-dealkylation sites (N-methyl/N-ethyl adjacent to an activating group) is 1. The van der Waals surface area contributed by atoms with Crippen LogP contribution in [0.5, 0.6) is 5.75 Å². The molecule has 6 nitrogen and oxygen atoms in total. The molecular formula is C16H25N3O3. The van der Waals surface area contributed by atoms with Gasteiger partial charge in [0.05, 0.1) is 6.54 Å². The number of ether oxygens (including phenoxy) is 1. The van der Waals surface area contributed by atoms with Crippen molar-refractivity contribution in [2.75, 3.05) is 26.7 Å². The summed E-state index contributed by atoms with van der Waals surface area (Å²) in [5.74, 6) is 0.453. The highest BCUT2D eigenvalue weighted by Gasteiger charge is 2.16. The Kier molecular flexibility index (Phi) is 6.85. The smallest absolute Gasteiger partial charge is 0.321 e. The minimum absolute atomic E-state index is 0.135. The second-order valence-electron chi connectivity index (χ2n) is 6.15. The van der Waals surface area contributed by atoms with Crippen molar-refractivity contribution in [1.82, 2.24) is 15.5 Å². The van der Waals surface area contributed by atoms with Crippen LogP contribution in [0, 0.1) is 0 Å². The summed E-state index contributed by atoms with van der Waals surface area (Å²) < 4.78 is 5.55. The standard InChI is InChI=1S/C16H25N3O3/c1-16(2,3)18-15(21)17-14(20)12-19(4)10-11-22-13-8-6-5-7-9-13/h5-9H,10-12H2,1-4H3,(H2,17,18,20,21). The van der Waals surface area contributed by atoms with Crippen LogP contribution < -0.4 is 15.4 Å². The van der Waals surface area contributed by atoms with Gasteiger partial charge in [-0.15, -0.1) is 0 Å². The molecule has 0 spiro atoms. The van der Waals surface area contributed by atoms with E-state index in [1.165, 1.54) is 0 Å². The molecule has 0 aliphatic heterocycles. The van der Waals surface area contributed by atoms with Crippen LogP contribution in [0.4, 0.5) is 4.79 Å². The zero-order chi connectivity index (χ0) is 16.6. The fourth-order valence-corrected chi connectivity index (χ4v) is 1.70. The Bertz CT molecular complexity index is 483. The molecule has 1 aromatic carbocycles. The lowest BCUT2D eigenvalue weighted by molar-refractivity contribution is -0.120. The normalized spacial score (nSPS) is 11.1. The summed E-state index contributed by atoms with van der Waals surface area (Å²) in [5.41, 5.74) is -0.375. The molecule has 1 rings (SSSR count). The van der Waals surface area contributed by atoms with Crippen molar-refractivity contribution in [3.8, 4) is 5.75 Å². The molecule has 0 aromatic heterocycles. The van der Waals surface area contributed by atoms with Gasteiger partial charge in [-0.1, -0.05) is 18.2 Å². The monoisotopic (exact) mass is 307 g/mol. The van der Waals surface area contributed by atoms with Gasteiger partial charge in [0.25, 0.3) is 0 Å². The van der Waals surface area contributed by atoms with Crippen molar-refractivity contribution in [3.05, 3.63) is 30.3 Å². The molecular weight excluding hydrogens is 282 g/mol. The Labute approximate surface area is 131 Å². The third-order valence-electron chi connectivity index (χ3n) is 2.64. The van der Waals surface area contributed by atoms with E-state index in [0.29, 0.717) is 13.2 Å². The van der Waals surface area contributed by atoms with Crippen LogP contribution in [0.25, 0.3) is 0 Å². The van der Waals surface area contributed by atoms with Crippen LogP contribution in [0.3, 0.4) is 0 Å². The van der Waals surface area contributed by atoms with E-state index in [1.807, 2.05) is 51.1 Å². The van der Waals surface area contributed by atoms with E-state index in [0.717, 1.165) is 5.75 Å². The van der Waals surface area contributed by atoms with Gasteiger partial charge in [-0.05, 0) is 40.0 Å². The highest BCUT2D eigenvalue weighted by molar-refractivity contribution is 5.95. The van der Waals surface area contributed by atoms with Crippen LogP contribution in [0.15, 0.2) is 30.3 Å². The Morgan fingerprint density at radius 3 is 2.41 bits per heavy atom. The first-order valence-corrected chi connectivity index (χ1v) is 7.24.